The molecule has 2 aliphatic heterocycles. The van der Waals surface area contributed by atoms with E-state index >= 15 is 0 Å². The zero-order valence-corrected chi connectivity index (χ0v) is 23.2. The molecule has 2 aliphatic rings. The van der Waals surface area contributed by atoms with Gasteiger partial charge in [0.25, 0.3) is 0 Å². The average Bonchev–Trinajstić information content (AvgIpc) is 3.38. The van der Waals surface area contributed by atoms with E-state index in [1.165, 1.54) is 10.9 Å². The molecule has 5 rings (SSSR count). The Morgan fingerprint density at radius 1 is 1.08 bits per heavy atom. The molecule has 0 aliphatic carbocycles. The number of carbonyl (C=O) groups is 1. The Morgan fingerprint density at radius 2 is 1.84 bits per heavy atom. The maximum Gasteiger partial charge on any atom is 0.246 e. The van der Waals surface area contributed by atoms with E-state index in [1.54, 1.807) is 31.4 Å². The topological polar surface area (TPSA) is 68.8 Å². The number of aliphatic hydroxyl groups is 1. The quantitative estimate of drug-likeness (QED) is 0.352. The molecule has 2 N–H and O–H groups in total. The van der Waals surface area contributed by atoms with Crippen LogP contribution in [0.15, 0.2) is 48.7 Å². The number of H-pyrrole nitrogens is 1. The highest BCUT2D eigenvalue weighted by Crippen LogP contribution is 2.36. The average molecular weight is 557 g/mol. The molecule has 1 atom stereocenters. The van der Waals surface area contributed by atoms with Crippen molar-refractivity contribution in [3.63, 3.8) is 0 Å². The second kappa shape index (κ2) is 12.1. The number of aliphatic hydroxyl groups excluding tert-OH is 1. The first-order chi connectivity index (χ1) is 18.5. The van der Waals surface area contributed by atoms with Crippen LogP contribution in [0.4, 0.5) is 0 Å². The summed E-state index contributed by atoms with van der Waals surface area (Å²) in [6, 6.07) is 11.7. The van der Waals surface area contributed by atoms with E-state index in [4.69, 9.17) is 27.9 Å². The van der Waals surface area contributed by atoms with Crippen molar-refractivity contribution in [2.75, 3.05) is 39.9 Å². The number of likely N-dealkylation sites (tertiary alicyclic amines) is 2. The monoisotopic (exact) mass is 555 g/mol. The summed E-state index contributed by atoms with van der Waals surface area (Å²) in [5.74, 6) is 1.77. The minimum atomic E-state index is 0.00578. The summed E-state index contributed by atoms with van der Waals surface area (Å²) < 4.78 is 5.44. The van der Waals surface area contributed by atoms with Gasteiger partial charge in [-0.1, -0.05) is 29.3 Å². The molecular formula is C30H35Cl2N3O3. The molecule has 1 aromatic heterocycles. The fourth-order valence-corrected chi connectivity index (χ4v) is 6.39. The predicted molar refractivity (Wildman–Crippen MR) is 154 cm³/mol. The molecule has 0 radical (unpaired) electrons. The van der Waals surface area contributed by atoms with Gasteiger partial charge in [-0.3, -0.25) is 9.69 Å². The number of rotatable bonds is 7. The number of fused-ring (bicyclic) bond motifs is 1. The maximum atomic E-state index is 12.8. The smallest absolute Gasteiger partial charge is 0.246 e. The lowest BCUT2D eigenvalue weighted by atomic mass is 9.84. The van der Waals surface area contributed by atoms with Crippen LogP contribution >= 0.6 is 23.2 Å². The fourth-order valence-electron chi connectivity index (χ4n) is 6.08. The van der Waals surface area contributed by atoms with Crippen molar-refractivity contribution in [3.05, 3.63) is 69.8 Å². The Kier molecular flexibility index (Phi) is 8.64. The lowest BCUT2D eigenvalue weighted by Gasteiger charge is -2.43. The van der Waals surface area contributed by atoms with Gasteiger partial charge in [-0.05, 0) is 98.1 Å². The highest BCUT2D eigenvalue weighted by Gasteiger charge is 2.34. The number of hydrogen-bond acceptors (Lipinski definition) is 4. The zero-order valence-electron chi connectivity index (χ0n) is 21.7. The van der Waals surface area contributed by atoms with E-state index < -0.39 is 0 Å². The van der Waals surface area contributed by atoms with Crippen LogP contribution in [-0.2, 0) is 4.79 Å². The van der Waals surface area contributed by atoms with Gasteiger partial charge in [-0.2, -0.15) is 0 Å². The van der Waals surface area contributed by atoms with Crippen LogP contribution in [0.3, 0.4) is 0 Å². The first-order valence-corrected chi connectivity index (χ1v) is 14.1. The van der Waals surface area contributed by atoms with Crippen molar-refractivity contribution < 1.29 is 14.6 Å². The summed E-state index contributed by atoms with van der Waals surface area (Å²) >= 11 is 12.1. The van der Waals surface area contributed by atoms with E-state index in [2.05, 4.69) is 28.2 Å². The third-order valence-electron chi connectivity index (χ3n) is 8.30. The summed E-state index contributed by atoms with van der Waals surface area (Å²) in [5.41, 5.74) is 3.35. The van der Waals surface area contributed by atoms with Crippen molar-refractivity contribution >= 4 is 46.1 Å². The number of nitrogens with zero attached hydrogens (tertiary/aromatic N) is 2. The normalized spacial score (nSPS) is 18.9. The highest BCUT2D eigenvalue weighted by atomic mass is 35.5. The third kappa shape index (κ3) is 5.89. The maximum absolute atomic E-state index is 12.8. The van der Waals surface area contributed by atoms with Crippen LogP contribution in [0.5, 0.6) is 5.75 Å². The second-order valence-corrected chi connectivity index (χ2v) is 11.2. The van der Waals surface area contributed by atoms with E-state index in [9.17, 15) is 9.90 Å². The van der Waals surface area contributed by atoms with E-state index in [1.807, 2.05) is 17.0 Å². The summed E-state index contributed by atoms with van der Waals surface area (Å²) in [7, 11) is 1.70. The summed E-state index contributed by atoms with van der Waals surface area (Å²) in [4.78, 5) is 20.5. The first-order valence-electron chi connectivity index (χ1n) is 13.4. The van der Waals surface area contributed by atoms with Gasteiger partial charge in [0.1, 0.15) is 5.75 Å². The minimum absolute atomic E-state index is 0.00578. The van der Waals surface area contributed by atoms with Crippen LogP contribution < -0.4 is 4.74 Å². The first kappa shape index (κ1) is 27.1. The molecule has 1 unspecified atom stereocenters. The Labute approximate surface area is 234 Å². The van der Waals surface area contributed by atoms with Gasteiger partial charge in [0, 0.05) is 42.3 Å². The number of ether oxygens (including phenoxy) is 1. The van der Waals surface area contributed by atoms with Gasteiger partial charge in [0.2, 0.25) is 5.91 Å². The van der Waals surface area contributed by atoms with Crippen molar-refractivity contribution in [1.82, 2.24) is 14.8 Å². The third-order valence-corrected chi connectivity index (χ3v) is 9.04. The molecule has 38 heavy (non-hydrogen) atoms. The zero-order chi connectivity index (χ0) is 26.6. The number of hydrogen-bond donors (Lipinski definition) is 2. The van der Waals surface area contributed by atoms with Gasteiger partial charge < -0.3 is 19.7 Å². The van der Waals surface area contributed by atoms with Gasteiger partial charge in [0.15, 0.2) is 0 Å². The molecule has 0 spiro atoms. The Morgan fingerprint density at radius 3 is 2.53 bits per heavy atom. The Bertz CT molecular complexity index is 1290. The number of aromatic nitrogens is 1. The van der Waals surface area contributed by atoms with E-state index in [0.29, 0.717) is 35.0 Å². The summed E-state index contributed by atoms with van der Waals surface area (Å²) in [6.45, 7) is 3.51. The van der Waals surface area contributed by atoms with Crippen molar-refractivity contribution in [3.8, 4) is 5.75 Å². The Balaban J connectivity index is 1.14. The van der Waals surface area contributed by atoms with Crippen LogP contribution in [0, 0.1) is 5.92 Å². The fraction of sp³-hybridized carbons (Fsp3) is 0.433. The number of halogens is 2. The molecule has 2 saturated heterocycles. The van der Waals surface area contributed by atoms with Crippen LogP contribution in [0.1, 0.15) is 42.7 Å². The molecule has 2 aromatic carbocycles. The SMILES string of the molecule is COc1ccc2[nH]cc(C3CCN(C(CO)C4CCN(C(=O)/C=C/c5ccc(Cl)c(Cl)c5)CC4)CC3)c2c1. The van der Waals surface area contributed by atoms with Crippen molar-refractivity contribution in [2.24, 2.45) is 5.92 Å². The number of nitrogens with one attached hydrogen (secondary N) is 1. The lowest BCUT2D eigenvalue weighted by molar-refractivity contribution is -0.127. The largest absolute Gasteiger partial charge is 0.497 e. The molecule has 6 nitrogen and oxygen atoms in total. The highest BCUT2D eigenvalue weighted by molar-refractivity contribution is 6.42. The standard InChI is InChI=1S/C30H35Cl2N3O3/c1-38-23-4-6-28-24(17-23)25(18-33-28)21-8-12-34(13-9-21)29(19-36)22-10-14-35(15-11-22)30(37)7-3-20-2-5-26(31)27(32)16-20/h2-7,16-18,21-22,29,33,36H,8-15,19H2,1H3/b7-3+. The molecule has 0 saturated carbocycles. The Hall–Kier alpha value is -2.51. The van der Waals surface area contributed by atoms with Gasteiger partial charge in [-0.15, -0.1) is 0 Å². The molecule has 2 fully saturated rings. The second-order valence-electron chi connectivity index (χ2n) is 10.4. The van der Waals surface area contributed by atoms with E-state index in [-0.39, 0.29) is 18.6 Å². The van der Waals surface area contributed by atoms with Gasteiger partial charge in [-0.25, -0.2) is 0 Å². The molecule has 202 valence electrons. The molecule has 8 heteroatoms. The summed E-state index contributed by atoms with van der Waals surface area (Å²) in [6.07, 6.45) is 9.47. The predicted octanol–water partition coefficient (Wildman–Crippen LogP) is 5.98. The van der Waals surface area contributed by atoms with Gasteiger partial charge in [0.05, 0.1) is 23.8 Å². The number of amides is 1. The van der Waals surface area contributed by atoms with E-state index in [0.717, 1.165) is 55.6 Å². The van der Waals surface area contributed by atoms with Crippen LogP contribution in [-0.4, -0.2) is 71.7 Å². The van der Waals surface area contributed by atoms with Crippen molar-refractivity contribution in [2.45, 2.75) is 37.6 Å². The molecule has 3 heterocycles. The number of methoxy groups -OCH3 is 1. The summed E-state index contributed by atoms with van der Waals surface area (Å²) in [5, 5.41) is 12.6. The molecule has 1 amide bonds. The number of aromatic amines is 1. The van der Waals surface area contributed by atoms with Crippen LogP contribution in [0.2, 0.25) is 10.0 Å². The molecule has 0 bridgehead atoms. The van der Waals surface area contributed by atoms with Gasteiger partial charge >= 0.3 is 0 Å². The minimum Gasteiger partial charge on any atom is -0.497 e. The molecule has 3 aromatic rings. The number of piperidine rings is 2. The number of benzene rings is 2. The van der Waals surface area contributed by atoms with Crippen molar-refractivity contribution in [1.29, 1.82) is 0 Å². The molecular weight excluding hydrogens is 521 g/mol. The lowest BCUT2D eigenvalue weighted by Crippen LogP contribution is -2.50. The number of carbonyl (C=O) groups excluding carboxylic acids is 1. The van der Waals surface area contributed by atoms with Crippen LogP contribution in [0.25, 0.3) is 17.0 Å².